The highest BCUT2D eigenvalue weighted by Gasteiger charge is 2.13. The van der Waals surface area contributed by atoms with Crippen LogP contribution in [0.1, 0.15) is 30.2 Å². The molecule has 1 aromatic carbocycles. The maximum Gasteiger partial charge on any atom is 0.211 e. The fourth-order valence-electron chi connectivity index (χ4n) is 2.00. The molecule has 0 saturated carbocycles. The molecule has 0 fully saturated rings. The van der Waals surface area contributed by atoms with Crippen molar-refractivity contribution >= 4 is 15.9 Å². The second-order valence-electron chi connectivity index (χ2n) is 4.72. The van der Waals surface area contributed by atoms with Crippen LogP contribution >= 0.6 is 15.9 Å². The molecule has 0 bridgehead atoms. The predicted octanol–water partition coefficient (Wildman–Crippen LogP) is 3.61. The van der Waals surface area contributed by atoms with Crippen LogP contribution in [0.15, 0.2) is 27.2 Å². The lowest BCUT2D eigenvalue weighted by Crippen LogP contribution is -2.18. The fourth-order valence-corrected chi connectivity index (χ4v) is 2.66. The van der Waals surface area contributed by atoms with Crippen LogP contribution in [-0.2, 0) is 6.54 Å². The number of methoxy groups -OCH3 is 2. The maximum absolute atomic E-state index is 5.51. The molecule has 0 saturated heterocycles. The molecule has 0 aliphatic carbocycles. The van der Waals surface area contributed by atoms with Gasteiger partial charge in [0.05, 0.1) is 30.9 Å². The minimum Gasteiger partial charge on any atom is -0.493 e. The van der Waals surface area contributed by atoms with Gasteiger partial charge < -0.3 is 19.2 Å². The molecule has 21 heavy (non-hydrogen) atoms. The van der Waals surface area contributed by atoms with Crippen molar-refractivity contribution in [1.29, 1.82) is 0 Å². The lowest BCUT2D eigenvalue weighted by molar-refractivity contribution is 0.352. The van der Waals surface area contributed by atoms with E-state index in [1.165, 1.54) is 0 Å². The summed E-state index contributed by atoms with van der Waals surface area (Å²) in [4.78, 5) is 4.22. The van der Waals surface area contributed by atoms with E-state index in [1.807, 2.05) is 26.0 Å². The van der Waals surface area contributed by atoms with Crippen molar-refractivity contribution in [3.63, 3.8) is 0 Å². The van der Waals surface area contributed by atoms with Crippen LogP contribution in [-0.4, -0.2) is 19.2 Å². The molecule has 0 radical (unpaired) electrons. The van der Waals surface area contributed by atoms with Gasteiger partial charge in [-0.25, -0.2) is 4.98 Å². The van der Waals surface area contributed by atoms with Gasteiger partial charge in [-0.1, -0.05) is 0 Å². The Morgan fingerprint density at radius 2 is 2.10 bits per heavy atom. The van der Waals surface area contributed by atoms with E-state index in [4.69, 9.17) is 13.9 Å². The van der Waals surface area contributed by atoms with Gasteiger partial charge in [0, 0.05) is 6.54 Å². The number of aromatic nitrogens is 1. The Hall–Kier alpha value is -1.53. The molecule has 5 nitrogen and oxygen atoms in total. The van der Waals surface area contributed by atoms with Crippen LogP contribution in [0.4, 0.5) is 0 Å². The summed E-state index contributed by atoms with van der Waals surface area (Å²) in [7, 11) is 3.24. The molecule has 1 atom stereocenters. The van der Waals surface area contributed by atoms with E-state index in [0.717, 1.165) is 15.8 Å². The number of rotatable bonds is 6. The summed E-state index contributed by atoms with van der Waals surface area (Å²) in [5.41, 5.74) is 1.08. The number of nitrogens with zero attached hydrogens (tertiary/aromatic N) is 1. The number of hydrogen-bond acceptors (Lipinski definition) is 5. The molecule has 6 heteroatoms. The third kappa shape index (κ3) is 3.77. The predicted molar refractivity (Wildman–Crippen MR) is 83.7 cm³/mol. The van der Waals surface area contributed by atoms with Crippen molar-refractivity contribution in [1.82, 2.24) is 10.3 Å². The van der Waals surface area contributed by atoms with Crippen molar-refractivity contribution in [2.45, 2.75) is 26.4 Å². The fraction of sp³-hybridized carbons (Fsp3) is 0.400. The number of oxazole rings is 1. The Kier molecular flexibility index (Phi) is 5.25. The molecule has 0 aliphatic rings. The molecule has 2 aromatic rings. The second-order valence-corrected chi connectivity index (χ2v) is 5.58. The Balaban J connectivity index is 2.08. The lowest BCUT2D eigenvalue weighted by Gasteiger charge is -2.14. The summed E-state index contributed by atoms with van der Waals surface area (Å²) < 4.78 is 17.0. The van der Waals surface area contributed by atoms with E-state index >= 15 is 0 Å². The molecule has 1 N–H and O–H groups in total. The third-order valence-electron chi connectivity index (χ3n) is 3.12. The zero-order chi connectivity index (χ0) is 15.4. The quantitative estimate of drug-likeness (QED) is 0.858. The highest BCUT2D eigenvalue weighted by molar-refractivity contribution is 9.10. The van der Waals surface area contributed by atoms with Crippen molar-refractivity contribution < 1.29 is 13.9 Å². The minimum absolute atomic E-state index is 0.0329. The topological polar surface area (TPSA) is 56.5 Å². The number of halogens is 1. The molecule has 114 valence electrons. The van der Waals surface area contributed by atoms with Gasteiger partial charge in [-0.3, -0.25) is 0 Å². The minimum atomic E-state index is 0.0329. The first-order valence-corrected chi connectivity index (χ1v) is 7.40. The average molecular weight is 355 g/mol. The molecule has 2 rings (SSSR count). The first-order valence-electron chi connectivity index (χ1n) is 6.61. The summed E-state index contributed by atoms with van der Waals surface area (Å²) in [6.45, 7) is 4.57. The molecule has 1 unspecified atom stereocenters. The van der Waals surface area contributed by atoms with Gasteiger partial charge in [0.15, 0.2) is 11.5 Å². The van der Waals surface area contributed by atoms with Crippen molar-refractivity contribution in [3.8, 4) is 11.5 Å². The van der Waals surface area contributed by atoms with E-state index in [0.29, 0.717) is 23.9 Å². The number of hydrogen-bond donors (Lipinski definition) is 1. The SMILES string of the molecule is COc1cc(CNC(C)c2ncc(C)o2)cc(Br)c1OC. The number of nitrogens with one attached hydrogen (secondary N) is 1. The van der Waals surface area contributed by atoms with Crippen LogP contribution in [0.2, 0.25) is 0 Å². The van der Waals surface area contributed by atoms with Gasteiger partial charge in [-0.05, 0) is 47.5 Å². The second kappa shape index (κ2) is 6.95. The first kappa shape index (κ1) is 15.9. The first-order chi connectivity index (χ1) is 10.0. The third-order valence-corrected chi connectivity index (χ3v) is 3.70. The van der Waals surface area contributed by atoms with Gasteiger partial charge in [0.1, 0.15) is 5.76 Å². The summed E-state index contributed by atoms with van der Waals surface area (Å²) in [6.07, 6.45) is 1.72. The Morgan fingerprint density at radius 1 is 1.33 bits per heavy atom. The molecule has 0 aliphatic heterocycles. The van der Waals surface area contributed by atoms with Gasteiger partial charge in [0.25, 0.3) is 0 Å². The molecular weight excluding hydrogens is 336 g/mol. The van der Waals surface area contributed by atoms with E-state index in [1.54, 1.807) is 20.4 Å². The van der Waals surface area contributed by atoms with Crippen LogP contribution in [0.25, 0.3) is 0 Å². The largest absolute Gasteiger partial charge is 0.493 e. The lowest BCUT2D eigenvalue weighted by atomic mass is 10.2. The summed E-state index contributed by atoms with van der Waals surface area (Å²) in [5.74, 6) is 2.89. The average Bonchev–Trinajstić information content (AvgIpc) is 2.90. The number of ether oxygens (including phenoxy) is 2. The van der Waals surface area contributed by atoms with E-state index in [9.17, 15) is 0 Å². The van der Waals surface area contributed by atoms with Gasteiger partial charge in [-0.2, -0.15) is 0 Å². The molecule has 1 aromatic heterocycles. The zero-order valence-corrected chi connectivity index (χ0v) is 14.2. The normalized spacial score (nSPS) is 12.2. The maximum atomic E-state index is 5.51. The molecule has 0 amide bonds. The number of benzene rings is 1. The smallest absolute Gasteiger partial charge is 0.211 e. The molecule has 0 spiro atoms. The summed E-state index contributed by atoms with van der Waals surface area (Å²) in [6, 6.07) is 3.98. The number of aryl methyl sites for hydroxylation is 1. The van der Waals surface area contributed by atoms with Crippen LogP contribution in [0.3, 0.4) is 0 Å². The van der Waals surface area contributed by atoms with Gasteiger partial charge in [0.2, 0.25) is 5.89 Å². The van der Waals surface area contributed by atoms with Gasteiger partial charge in [-0.15, -0.1) is 0 Å². The Bertz CT molecular complexity index is 613. The zero-order valence-electron chi connectivity index (χ0n) is 12.6. The highest BCUT2D eigenvalue weighted by Crippen LogP contribution is 2.36. The van der Waals surface area contributed by atoms with E-state index in [2.05, 4.69) is 26.2 Å². The summed E-state index contributed by atoms with van der Waals surface area (Å²) >= 11 is 3.49. The molecular formula is C15H19BrN2O3. The van der Waals surface area contributed by atoms with Crippen molar-refractivity contribution in [2.75, 3.05) is 14.2 Å². The van der Waals surface area contributed by atoms with Gasteiger partial charge >= 0.3 is 0 Å². The van der Waals surface area contributed by atoms with Crippen LogP contribution in [0, 0.1) is 6.92 Å². The Labute approximate surface area is 132 Å². The monoisotopic (exact) mass is 354 g/mol. The van der Waals surface area contributed by atoms with Crippen LogP contribution < -0.4 is 14.8 Å². The standard InChI is InChI=1S/C15H19BrN2O3/c1-9-7-18-15(21-9)10(2)17-8-11-5-12(16)14(20-4)13(6-11)19-3/h5-7,10,17H,8H2,1-4H3. The van der Waals surface area contributed by atoms with Crippen molar-refractivity contribution in [3.05, 3.63) is 40.0 Å². The van der Waals surface area contributed by atoms with Crippen molar-refractivity contribution in [2.24, 2.45) is 0 Å². The Morgan fingerprint density at radius 3 is 2.67 bits per heavy atom. The van der Waals surface area contributed by atoms with E-state index < -0.39 is 0 Å². The molecule has 1 heterocycles. The van der Waals surface area contributed by atoms with Crippen LogP contribution in [0.5, 0.6) is 11.5 Å². The highest BCUT2D eigenvalue weighted by atomic mass is 79.9. The van der Waals surface area contributed by atoms with E-state index in [-0.39, 0.29) is 6.04 Å². The summed E-state index contributed by atoms with van der Waals surface area (Å²) in [5, 5.41) is 3.37.